The highest BCUT2D eigenvalue weighted by atomic mass is 32.1. The second-order valence-corrected chi connectivity index (χ2v) is 5.20. The monoisotopic (exact) mass is 261 g/mol. The maximum absolute atomic E-state index is 4.31. The van der Waals surface area contributed by atoms with E-state index in [0.29, 0.717) is 6.04 Å². The second-order valence-electron chi connectivity index (χ2n) is 4.42. The van der Waals surface area contributed by atoms with Gasteiger partial charge in [-0.05, 0) is 60.8 Å². The lowest BCUT2D eigenvalue weighted by atomic mass is 9.98. The van der Waals surface area contributed by atoms with E-state index in [9.17, 15) is 0 Å². The van der Waals surface area contributed by atoms with Gasteiger partial charge in [0.1, 0.15) is 0 Å². The molecule has 1 unspecified atom stereocenters. The zero-order chi connectivity index (χ0) is 13.0. The van der Waals surface area contributed by atoms with E-state index in [1.807, 2.05) is 14.0 Å². The fourth-order valence-electron chi connectivity index (χ4n) is 2.12. The third-order valence-electron chi connectivity index (χ3n) is 3.10. The van der Waals surface area contributed by atoms with Crippen LogP contribution >= 0.6 is 11.3 Å². The van der Waals surface area contributed by atoms with Gasteiger partial charge in [0.15, 0.2) is 0 Å². The van der Waals surface area contributed by atoms with Crippen molar-refractivity contribution in [2.45, 2.75) is 32.7 Å². The Labute approximate surface area is 112 Å². The summed E-state index contributed by atoms with van der Waals surface area (Å²) in [6.07, 6.45) is 1.92. The molecular formula is C14H19N3S. The highest BCUT2D eigenvalue weighted by Gasteiger charge is 2.15. The molecule has 0 aliphatic rings. The Balaban J connectivity index is 2.28. The number of rotatable bonds is 5. The van der Waals surface area contributed by atoms with Crippen LogP contribution in [-0.2, 0) is 12.8 Å². The van der Waals surface area contributed by atoms with Crippen LogP contribution in [0.1, 0.15) is 35.5 Å². The summed E-state index contributed by atoms with van der Waals surface area (Å²) in [5, 5.41) is 16.2. The van der Waals surface area contributed by atoms with Gasteiger partial charge in [0, 0.05) is 6.04 Å². The standard InChI is InChI=1S/C14H19N3S/c1-4-13-12(7-10(2)16-17-13)14(15-3)8-11-5-6-18-9-11/h5-7,9,14-15H,4,8H2,1-3H3. The number of hydrogen-bond acceptors (Lipinski definition) is 4. The zero-order valence-corrected chi connectivity index (χ0v) is 11.9. The van der Waals surface area contributed by atoms with Crippen LogP contribution in [0, 0.1) is 6.92 Å². The van der Waals surface area contributed by atoms with E-state index >= 15 is 0 Å². The topological polar surface area (TPSA) is 37.8 Å². The van der Waals surface area contributed by atoms with Crippen molar-refractivity contribution < 1.29 is 0 Å². The maximum Gasteiger partial charge on any atom is 0.0676 e. The van der Waals surface area contributed by atoms with Crippen molar-refractivity contribution in [1.82, 2.24) is 15.5 Å². The molecule has 2 aromatic rings. The van der Waals surface area contributed by atoms with Gasteiger partial charge in [0.05, 0.1) is 11.4 Å². The van der Waals surface area contributed by atoms with Crippen molar-refractivity contribution in [3.8, 4) is 0 Å². The molecule has 0 aliphatic carbocycles. The Bertz CT molecular complexity index is 494. The number of aromatic nitrogens is 2. The molecule has 18 heavy (non-hydrogen) atoms. The van der Waals surface area contributed by atoms with Gasteiger partial charge in [-0.3, -0.25) is 0 Å². The van der Waals surface area contributed by atoms with E-state index in [0.717, 1.165) is 24.2 Å². The molecule has 0 amide bonds. The molecule has 0 saturated heterocycles. The summed E-state index contributed by atoms with van der Waals surface area (Å²) in [6.45, 7) is 4.12. The summed E-state index contributed by atoms with van der Waals surface area (Å²) in [6, 6.07) is 4.64. The molecule has 96 valence electrons. The smallest absolute Gasteiger partial charge is 0.0676 e. The highest BCUT2D eigenvalue weighted by molar-refractivity contribution is 7.07. The Kier molecular flexibility index (Phi) is 4.44. The van der Waals surface area contributed by atoms with Gasteiger partial charge in [-0.1, -0.05) is 6.92 Å². The van der Waals surface area contributed by atoms with Crippen LogP contribution in [0.25, 0.3) is 0 Å². The van der Waals surface area contributed by atoms with E-state index < -0.39 is 0 Å². The maximum atomic E-state index is 4.31. The van der Waals surface area contributed by atoms with Gasteiger partial charge < -0.3 is 5.32 Å². The van der Waals surface area contributed by atoms with Gasteiger partial charge in [0.25, 0.3) is 0 Å². The molecule has 0 bridgehead atoms. The Morgan fingerprint density at radius 3 is 2.83 bits per heavy atom. The largest absolute Gasteiger partial charge is 0.313 e. The Morgan fingerprint density at radius 2 is 2.22 bits per heavy atom. The lowest BCUT2D eigenvalue weighted by molar-refractivity contribution is 0.579. The van der Waals surface area contributed by atoms with Gasteiger partial charge >= 0.3 is 0 Å². The third kappa shape index (κ3) is 2.94. The van der Waals surface area contributed by atoms with Crippen LogP contribution in [0.3, 0.4) is 0 Å². The minimum Gasteiger partial charge on any atom is -0.313 e. The van der Waals surface area contributed by atoms with Crippen LogP contribution in [0.15, 0.2) is 22.9 Å². The lowest BCUT2D eigenvalue weighted by Crippen LogP contribution is -2.21. The average molecular weight is 261 g/mol. The van der Waals surface area contributed by atoms with Gasteiger partial charge in [-0.15, -0.1) is 0 Å². The first-order valence-electron chi connectivity index (χ1n) is 6.26. The van der Waals surface area contributed by atoms with Crippen molar-refractivity contribution in [1.29, 1.82) is 0 Å². The van der Waals surface area contributed by atoms with E-state index in [1.54, 1.807) is 11.3 Å². The number of hydrogen-bond donors (Lipinski definition) is 1. The fraction of sp³-hybridized carbons (Fsp3) is 0.429. The Morgan fingerprint density at radius 1 is 1.39 bits per heavy atom. The van der Waals surface area contributed by atoms with E-state index in [2.05, 4.69) is 45.3 Å². The van der Waals surface area contributed by atoms with Gasteiger partial charge in [-0.2, -0.15) is 21.5 Å². The van der Waals surface area contributed by atoms with Crippen molar-refractivity contribution in [3.05, 3.63) is 45.4 Å². The van der Waals surface area contributed by atoms with Crippen LogP contribution in [-0.4, -0.2) is 17.2 Å². The Hall–Kier alpha value is -1.26. The minimum absolute atomic E-state index is 0.309. The molecule has 0 spiro atoms. The number of thiophene rings is 1. The summed E-state index contributed by atoms with van der Waals surface area (Å²) < 4.78 is 0. The summed E-state index contributed by atoms with van der Waals surface area (Å²) in [5.74, 6) is 0. The SMILES string of the molecule is CCc1nnc(C)cc1C(Cc1ccsc1)NC. The average Bonchev–Trinajstić information content (AvgIpc) is 2.88. The molecular weight excluding hydrogens is 242 g/mol. The molecule has 2 rings (SSSR count). The van der Waals surface area contributed by atoms with Crippen molar-refractivity contribution in [3.63, 3.8) is 0 Å². The lowest BCUT2D eigenvalue weighted by Gasteiger charge is -2.18. The molecule has 3 nitrogen and oxygen atoms in total. The predicted octanol–water partition coefficient (Wildman–Crippen LogP) is 2.91. The second kappa shape index (κ2) is 6.07. The first-order valence-corrected chi connectivity index (χ1v) is 7.20. The molecule has 1 N–H and O–H groups in total. The first-order chi connectivity index (χ1) is 8.74. The molecule has 0 saturated carbocycles. The summed E-state index contributed by atoms with van der Waals surface area (Å²) in [7, 11) is 2.01. The van der Waals surface area contributed by atoms with Gasteiger partial charge in [0.2, 0.25) is 0 Å². The summed E-state index contributed by atoms with van der Waals surface area (Å²) >= 11 is 1.74. The van der Waals surface area contributed by atoms with Gasteiger partial charge in [-0.25, -0.2) is 0 Å². The third-order valence-corrected chi connectivity index (χ3v) is 3.84. The highest BCUT2D eigenvalue weighted by Crippen LogP contribution is 2.22. The zero-order valence-electron chi connectivity index (χ0n) is 11.1. The van der Waals surface area contributed by atoms with Crippen molar-refractivity contribution in [2.75, 3.05) is 7.05 Å². The van der Waals surface area contributed by atoms with Crippen LogP contribution < -0.4 is 5.32 Å². The fourth-order valence-corrected chi connectivity index (χ4v) is 2.80. The molecule has 4 heteroatoms. The van der Waals surface area contributed by atoms with Crippen molar-refractivity contribution in [2.24, 2.45) is 0 Å². The molecule has 0 radical (unpaired) electrons. The molecule has 1 atom stereocenters. The normalized spacial score (nSPS) is 12.6. The molecule has 0 aromatic carbocycles. The molecule has 2 aromatic heterocycles. The van der Waals surface area contributed by atoms with Crippen LogP contribution in [0.2, 0.25) is 0 Å². The first kappa shape index (κ1) is 13.2. The quantitative estimate of drug-likeness (QED) is 0.899. The minimum atomic E-state index is 0.309. The molecule has 0 aliphatic heterocycles. The summed E-state index contributed by atoms with van der Waals surface area (Å²) in [4.78, 5) is 0. The van der Waals surface area contributed by atoms with Crippen LogP contribution in [0.5, 0.6) is 0 Å². The van der Waals surface area contributed by atoms with Crippen LogP contribution in [0.4, 0.5) is 0 Å². The number of nitrogens with one attached hydrogen (secondary N) is 1. The number of aryl methyl sites for hydroxylation is 2. The molecule has 0 fully saturated rings. The van der Waals surface area contributed by atoms with Crippen molar-refractivity contribution >= 4 is 11.3 Å². The van der Waals surface area contributed by atoms with E-state index in [1.165, 1.54) is 11.1 Å². The van der Waals surface area contributed by atoms with E-state index in [-0.39, 0.29) is 0 Å². The van der Waals surface area contributed by atoms with E-state index in [4.69, 9.17) is 0 Å². The number of likely N-dealkylation sites (N-methyl/N-ethyl adjacent to an activating group) is 1. The summed E-state index contributed by atoms with van der Waals surface area (Å²) in [5.41, 5.74) is 4.72. The predicted molar refractivity (Wildman–Crippen MR) is 76.0 cm³/mol. The number of nitrogens with zero attached hydrogens (tertiary/aromatic N) is 2. The molecule has 2 heterocycles.